The molecule has 0 saturated carbocycles. The molecule has 19 heavy (non-hydrogen) atoms. The molecule has 1 fully saturated rings. The maximum absolute atomic E-state index is 11.9. The van der Waals surface area contributed by atoms with Crippen LogP contribution in [0.3, 0.4) is 0 Å². The van der Waals surface area contributed by atoms with Gasteiger partial charge in [0.05, 0.1) is 11.6 Å². The number of nitrogens with one attached hydrogen (secondary N) is 1. The van der Waals surface area contributed by atoms with E-state index >= 15 is 0 Å². The first kappa shape index (κ1) is 13.4. The number of amides is 2. The Kier molecular flexibility index (Phi) is 3.73. The molecular formula is C12H18N4O3. The molecule has 1 aromatic rings. The second kappa shape index (κ2) is 5.29. The number of aromatic nitrogens is 2. The molecule has 0 aromatic carbocycles. The molecule has 1 saturated heterocycles. The molecule has 1 atom stereocenters. The summed E-state index contributed by atoms with van der Waals surface area (Å²) in [6.45, 7) is 3.08. The van der Waals surface area contributed by atoms with Crippen LogP contribution < -0.4 is 5.32 Å². The summed E-state index contributed by atoms with van der Waals surface area (Å²) in [7, 11) is 1.83. The number of hydrogen-bond donors (Lipinski definition) is 2. The lowest BCUT2D eigenvalue weighted by molar-refractivity contribution is -0.141. The third-order valence-electron chi connectivity index (χ3n) is 3.37. The van der Waals surface area contributed by atoms with Gasteiger partial charge in [0, 0.05) is 38.4 Å². The number of aliphatic carboxylic acids is 1. The highest BCUT2D eigenvalue weighted by Crippen LogP contribution is 2.16. The molecule has 2 N–H and O–H groups in total. The van der Waals surface area contributed by atoms with Gasteiger partial charge in [-0.1, -0.05) is 0 Å². The number of carboxylic acids is 1. The van der Waals surface area contributed by atoms with Crippen molar-refractivity contribution >= 4 is 12.0 Å². The van der Waals surface area contributed by atoms with E-state index in [2.05, 4.69) is 10.4 Å². The van der Waals surface area contributed by atoms with Gasteiger partial charge in [0.2, 0.25) is 0 Å². The number of aryl methyl sites for hydroxylation is 2. The van der Waals surface area contributed by atoms with Crippen LogP contribution in [0.25, 0.3) is 0 Å². The fourth-order valence-electron chi connectivity index (χ4n) is 2.25. The molecule has 0 radical (unpaired) electrons. The van der Waals surface area contributed by atoms with Crippen molar-refractivity contribution in [3.63, 3.8) is 0 Å². The number of carbonyl (C=O) groups excluding carboxylic acids is 1. The first-order chi connectivity index (χ1) is 8.97. The van der Waals surface area contributed by atoms with Crippen LogP contribution in [0.5, 0.6) is 0 Å². The van der Waals surface area contributed by atoms with Crippen LogP contribution in [-0.2, 0) is 18.4 Å². The molecule has 2 amide bonds. The number of likely N-dealkylation sites (tertiary alicyclic amines) is 1. The van der Waals surface area contributed by atoms with Gasteiger partial charge in [0.25, 0.3) is 0 Å². The van der Waals surface area contributed by atoms with E-state index < -0.39 is 11.9 Å². The van der Waals surface area contributed by atoms with Crippen molar-refractivity contribution in [3.8, 4) is 0 Å². The van der Waals surface area contributed by atoms with Crippen LogP contribution in [0.4, 0.5) is 4.79 Å². The summed E-state index contributed by atoms with van der Waals surface area (Å²) in [5, 5.41) is 15.9. The fraction of sp³-hybridized carbons (Fsp3) is 0.583. The number of carboxylic acid groups (broad SMARTS) is 1. The average molecular weight is 266 g/mol. The summed E-state index contributed by atoms with van der Waals surface area (Å²) >= 11 is 0. The monoisotopic (exact) mass is 266 g/mol. The molecule has 2 heterocycles. The Morgan fingerprint density at radius 2 is 2.32 bits per heavy atom. The summed E-state index contributed by atoms with van der Waals surface area (Å²) in [6, 6.07) is -0.216. The Bertz CT molecular complexity index is 497. The Hall–Kier alpha value is -2.05. The molecular weight excluding hydrogens is 248 g/mol. The van der Waals surface area contributed by atoms with E-state index in [4.69, 9.17) is 5.11 Å². The van der Waals surface area contributed by atoms with Gasteiger partial charge in [-0.15, -0.1) is 0 Å². The van der Waals surface area contributed by atoms with Gasteiger partial charge in [-0.05, 0) is 13.3 Å². The summed E-state index contributed by atoms with van der Waals surface area (Å²) in [5.41, 5.74) is 1.84. The summed E-state index contributed by atoms with van der Waals surface area (Å²) < 4.78 is 1.70. The lowest BCUT2D eigenvalue weighted by Crippen LogP contribution is -2.38. The molecule has 0 aliphatic carbocycles. The van der Waals surface area contributed by atoms with E-state index in [9.17, 15) is 9.59 Å². The number of nitrogens with zero attached hydrogens (tertiary/aromatic N) is 3. The predicted octanol–water partition coefficient (Wildman–Crippen LogP) is 0.345. The zero-order valence-electron chi connectivity index (χ0n) is 11.1. The summed E-state index contributed by atoms with van der Waals surface area (Å²) in [4.78, 5) is 24.3. The minimum atomic E-state index is -0.835. The molecule has 7 heteroatoms. The van der Waals surface area contributed by atoms with Crippen LogP contribution in [0.15, 0.2) is 6.20 Å². The highest BCUT2D eigenvalue weighted by atomic mass is 16.4. The molecule has 1 aliphatic rings. The second-order valence-corrected chi connectivity index (χ2v) is 4.84. The number of rotatable bonds is 3. The van der Waals surface area contributed by atoms with Crippen LogP contribution in [-0.4, -0.2) is 44.9 Å². The largest absolute Gasteiger partial charge is 0.481 e. The Morgan fingerprint density at radius 1 is 1.58 bits per heavy atom. The standard InChI is InChI=1S/C12H18N4O3/c1-8-10(6-15(2)14-8)5-13-12(19)16-4-3-9(7-16)11(17)18/h6,9H,3-5,7H2,1-2H3,(H,13,19)(H,17,18). The van der Waals surface area contributed by atoms with Crippen molar-refractivity contribution in [1.82, 2.24) is 20.0 Å². The van der Waals surface area contributed by atoms with E-state index in [1.165, 1.54) is 0 Å². The zero-order valence-corrected chi connectivity index (χ0v) is 11.1. The summed E-state index contributed by atoms with van der Waals surface area (Å²) in [5.74, 6) is -1.27. The van der Waals surface area contributed by atoms with E-state index in [0.29, 0.717) is 19.5 Å². The summed E-state index contributed by atoms with van der Waals surface area (Å²) in [6.07, 6.45) is 2.38. The molecule has 1 aliphatic heterocycles. The van der Waals surface area contributed by atoms with Crippen LogP contribution in [0.2, 0.25) is 0 Å². The number of carbonyl (C=O) groups is 2. The fourth-order valence-corrected chi connectivity index (χ4v) is 2.25. The van der Waals surface area contributed by atoms with Gasteiger partial charge in [0.15, 0.2) is 0 Å². The predicted molar refractivity (Wildman–Crippen MR) is 67.5 cm³/mol. The van der Waals surface area contributed by atoms with Gasteiger partial charge < -0.3 is 15.3 Å². The molecule has 0 spiro atoms. The maximum Gasteiger partial charge on any atom is 0.317 e. The van der Waals surface area contributed by atoms with E-state index in [-0.39, 0.29) is 12.6 Å². The molecule has 0 bridgehead atoms. The third-order valence-corrected chi connectivity index (χ3v) is 3.37. The molecule has 104 valence electrons. The van der Waals surface area contributed by atoms with Crippen molar-refractivity contribution in [3.05, 3.63) is 17.5 Å². The zero-order chi connectivity index (χ0) is 14.0. The highest BCUT2D eigenvalue weighted by Gasteiger charge is 2.30. The van der Waals surface area contributed by atoms with Crippen molar-refractivity contribution in [2.75, 3.05) is 13.1 Å². The van der Waals surface area contributed by atoms with E-state index in [1.807, 2.05) is 20.2 Å². The smallest absolute Gasteiger partial charge is 0.317 e. The Labute approximate surface area is 111 Å². The lowest BCUT2D eigenvalue weighted by Gasteiger charge is -2.16. The quantitative estimate of drug-likeness (QED) is 0.826. The highest BCUT2D eigenvalue weighted by molar-refractivity contribution is 5.77. The van der Waals surface area contributed by atoms with Gasteiger partial charge >= 0.3 is 12.0 Å². The van der Waals surface area contributed by atoms with Crippen molar-refractivity contribution in [2.24, 2.45) is 13.0 Å². The lowest BCUT2D eigenvalue weighted by atomic mass is 10.1. The minimum Gasteiger partial charge on any atom is -0.481 e. The first-order valence-electron chi connectivity index (χ1n) is 6.22. The van der Waals surface area contributed by atoms with E-state index in [1.54, 1.807) is 9.58 Å². The van der Waals surface area contributed by atoms with Gasteiger partial charge in [-0.2, -0.15) is 5.10 Å². The van der Waals surface area contributed by atoms with Crippen LogP contribution >= 0.6 is 0 Å². The molecule has 1 unspecified atom stereocenters. The normalized spacial score (nSPS) is 18.6. The Morgan fingerprint density at radius 3 is 2.84 bits per heavy atom. The van der Waals surface area contributed by atoms with Crippen LogP contribution in [0.1, 0.15) is 17.7 Å². The van der Waals surface area contributed by atoms with E-state index in [0.717, 1.165) is 11.3 Å². The molecule has 1 aromatic heterocycles. The third kappa shape index (κ3) is 3.04. The van der Waals surface area contributed by atoms with Gasteiger partial charge in [0.1, 0.15) is 0 Å². The van der Waals surface area contributed by atoms with Gasteiger partial charge in [-0.25, -0.2) is 4.79 Å². The maximum atomic E-state index is 11.9. The van der Waals surface area contributed by atoms with Crippen LogP contribution in [0, 0.1) is 12.8 Å². The van der Waals surface area contributed by atoms with Crippen molar-refractivity contribution in [2.45, 2.75) is 19.9 Å². The topological polar surface area (TPSA) is 87.5 Å². The van der Waals surface area contributed by atoms with Crippen molar-refractivity contribution in [1.29, 1.82) is 0 Å². The number of hydrogen-bond acceptors (Lipinski definition) is 3. The average Bonchev–Trinajstić information content (AvgIpc) is 2.93. The minimum absolute atomic E-state index is 0.216. The Balaban J connectivity index is 1.85. The molecule has 2 rings (SSSR count). The SMILES string of the molecule is Cc1nn(C)cc1CNC(=O)N1CCC(C(=O)O)C1. The molecule has 7 nitrogen and oxygen atoms in total. The first-order valence-corrected chi connectivity index (χ1v) is 6.22. The second-order valence-electron chi connectivity index (χ2n) is 4.84. The van der Waals surface area contributed by atoms with Gasteiger partial charge in [-0.3, -0.25) is 9.48 Å². The van der Waals surface area contributed by atoms with Crippen molar-refractivity contribution < 1.29 is 14.7 Å². The number of urea groups is 1.